The molecule has 0 radical (unpaired) electrons. The maximum Gasteiger partial charge on any atom is 0.187 e. The van der Waals surface area contributed by atoms with Crippen LogP contribution in [0.3, 0.4) is 0 Å². The van der Waals surface area contributed by atoms with Crippen LogP contribution in [0.25, 0.3) is 0 Å². The molecule has 14 nitrogen and oxygen atoms in total. The Hall–Kier alpha value is -0.820. The van der Waals surface area contributed by atoms with Crippen LogP contribution in [0.15, 0.2) is 11.6 Å². The van der Waals surface area contributed by atoms with E-state index < -0.39 is 97.5 Å². The molecule has 8 N–H and O–H groups in total. The molecule has 4 aliphatic carbocycles. The molecular formula is C39H62O14. The molecule has 4 heterocycles. The van der Waals surface area contributed by atoms with Gasteiger partial charge in [0.15, 0.2) is 18.4 Å². The van der Waals surface area contributed by atoms with Gasteiger partial charge in [-0.3, -0.25) is 0 Å². The standard InChI is InChI=1S/C39H62O14/c1-16-8-11-39(48-15-16)17(2)26-23(53-39)13-22-20-7-6-19-12-24(29(43)34(47)38(19,5)21(20)9-10-37(22,26)4)50-36-33(31(45)28(42)25(14-40)51-36)52-35-32(46)30(44)27(41)18(3)49-35/h6,16-18,20-36,40-47H,7-15H2,1-5H3/t16?,17-,18-,20+,21-,22-,23-,24?,25+,26-,27-,28-,29?,30+,31-,32+,33+,34?,35-,36+,37-,38-,39+/m0/s1. The SMILES string of the molecule is CC1CC[C@@]2(OC1)O[C@H]1C[C@H]3[C@@H]4CC=C5CC(O[C@@H]6O[C@H](CO)[C@H](O)[C@H](O)[C@H]6O[C@@H]6O[C@@H](C)[C@H](O)[C@@H](O)[C@H]6O)C(O)C(O)[C@]5(C)[C@H]4CC[C@]3(C)[C@H]1[C@@H]2C. The van der Waals surface area contributed by atoms with E-state index in [4.69, 9.17) is 28.4 Å². The summed E-state index contributed by atoms with van der Waals surface area (Å²) < 4.78 is 37.1. The summed E-state index contributed by atoms with van der Waals surface area (Å²) in [6, 6.07) is 0. The molecule has 53 heavy (non-hydrogen) atoms. The molecule has 8 aliphatic rings. The molecule has 23 atom stereocenters. The summed E-state index contributed by atoms with van der Waals surface area (Å²) >= 11 is 0. The predicted octanol–water partition coefficient (Wildman–Crippen LogP) is 0.332. The van der Waals surface area contributed by atoms with Gasteiger partial charge < -0.3 is 69.3 Å². The second kappa shape index (κ2) is 13.9. The lowest BCUT2D eigenvalue weighted by atomic mass is 9.46. The molecular weight excluding hydrogens is 692 g/mol. The van der Waals surface area contributed by atoms with E-state index in [2.05, 4.69) is 33.8 Å². The minimum absolute atomic E-state index is 0.0797. The smallest absolute Gasteiger partial charge is 0.187 e. The first-order valence-corrected chi connectivity index (χ1v) is 20.1. The lowest BCUT2D eigenvalue weighted by Gasteiger charge is -2.60. The van der Waals surface area contributed by atoms with Crippen molar-refractivity contribution < 1.29 is 69.3 Å². The van der Waals surface area contributed by atoms with Crippen LogP contribution in [-0.2, 0) is 28.4 Å². The maximum absolute atomic E-state index is 12.1. The minimum Gasteiger partial charge on any atom is -0.394 e. The predicted molar refractivity (Wildman–Crippen MR) is 184 cm³/mol. The average Bonchev–Trinajstić information content (AvgIpc) is 3.58. The van der Waals surface area contributed by atoms with Crippen molar-refractivity contribution in [1.82, 2.24) is 0 Å². The van der Waals surface area contributed by atoms with Gasteiger partial charge in [-0.1, -0.05) is 39.3 Å². The van der Waals surface area contributed by atoms with Crippen molar-refractivity contribution in [3.05, 3.63) is 11.6 Å². The monoisotopic (exact) mass is 754 g/mol. The van der Waals surface area contributed by atoms with Crippen LogP contribution in [0.5, 0.6) is 0 Å². The van der Waals surface area contributed by atoms with Crippen LogP contribution in [0.2, 0.25) is 0 Å². The molecule has 302 valence electrons. The number of hydrogen-bond donors (Lipinski definition) is 8. The minimum atomic E-state index is -1.71. The Balaban J connectivity index is 1.01. The molecule has 0 aromatic carbocycles. The molecule has 0 bridgehead atoms. The fraction of sp³-hybridized carbons (Fsp3) is 0.949. The first-order valence-electron chi connectivity index (χ1n) is 20.1. The van der Waals surface area contributed by atoms with Crippen molar-refractivity contribution in [3.63, 3.8) is 0 Å². The Morgan fingerprint density at radius 2 is 1.57 bits per heavy atom. The molecule has 4 saturated heterocycles. The molecule has 1 spiro atoms. The third-order valence-electron chi connectivity index (χ3n) is 15.8. The molecule has 8 rings (SSSR count). The van der Waals surface area contributed by atoms with E-state index in [9.17, 15) is 40.9 Å². The van der Waals surface area contributed by atoms with Crippen molar-refractivity contribution in [2.75, 3.05) is 13.2 Å². The quantitative estimate of drug-likeness (QED) is 0.178. The van der Waals surface area contributed by atoms with Crippen molar-refractivity contribution in [2.24, 2.45) is 46.3 Å². The van der Waals surface area contributed by atoms with Gasteiger partial charge in [0, 0.05) is 17.8 Å². The highest BCUT2D eigenvalue weighted by molar-refractivity contribution is 5.30. The summed E-state index contributed by atoms with van der Waals surface area (Å²) in [5, 5.41) is 86.8. The lowest BCUT2D eigenvalue weighted by Crippen LogP contribution is -2.66. The lowest BCUT2D eigenvalue weighted by molar-refractivity contribution is -0.373. The molecule has 4 aliphatic heterocycles. The Bertz CT molecular complexity index is 1370. The largest absolute Gasteiger partial charge is 0.394 e. The highest BCUT2D eigenvalue weighted by Gasteiger charge is 2.70. The van der Waals surface area contributed by atoms with Crippen molar-refractivity contribution in [3.8, 4) is 0 Å². The van der Waals surface area contributed by atoms with Crippen molar-refractivity contribution in [2.45, 2.75) is 171 Å². The summed E-state index contributed by atoms with van der Waals surface area (Å²) in [4.78, 5) is 0. The molecule has 3 saturated carbocycles. The fourth-order valence-electron chi connectivity index (χ4n) is 12.6. The van der Waals surface area contributed by atoms with Crippen LogP contribution in [0, 0.1) is 46.3 Å². The maximum atomic E-state index is 12.1. The van der Waals surface area contributed by atoms with E-state index in [1.165, 1.54) is 6.92 Å². The van der Waals surface area contributed by atoms with Gasteiger partial charge in [0.05, 0.1) is 37.6 Å². The van der Waals surface area contributed by atoms with Gasteiger partial charge >= 0.3 is 0 Å². The number of rotatable bonds is 5. The number of aliphatic hydroxyl groups excluding tert-OH is 8. The third-order valence-corrected chi connectivity index (χ3v) is 15.8. The number of fused-ring (bicyclic) bond motifs is 7. The van der Waals surface area contributed by atoms with E-state index >= 15 is 0 Å². The van der Waals surface area contributed by atoms with Gasteiger partial charge in [-0.05, 0) is 80.5 Å². The number of allylic oxidation sites excluding steroid dienone is 1. The fourth-order valence-corrected chi connectivity index (χ4v) is 12.6. The highest BCUT2D eigenvalue weighted by atomic mass is 16.8. The molecule has 7 fully saturated rings. The Kier molecular flexibility index (Phi) is 10.3. The summed E-state index contributed by atoms with van der Waals surface area (Å²) in [6.45, 7) is 10.6. The number of aliphatic hydroxyl groups is 8. The van der Waals surface area contributed by atoms with E-state index in [1.54, 1.807) is 0 Å². The molecule has 14 heteroatoms. The van der Waals surface area contributed by atoms with E-state index in [0.29, 0.717) is 29.6 Å². The van der Waals surface area contributed by atoms with Gasteiger partial charge in [-0.15, -0.1) is 0 Å². The van der Waals surface area contributed by atoms with E-state index in [-0.39, 0.29) is 23.9 Å². The van der Waals surface area contributed by atoms with Gasteiger partial charge in [-0.2, -0.15) is 0 Å². The van der Waals surface area contributed by atoms with Crippen molar-refractivity contribution >= 4 is 0 Å². The normalized spacial score (nSPS) is 59.5. The molecule has 0 aromatic rings. The Morgan fingerprint density at radius 1 is 0.811 bits per heavy atom. The van der Waals surface area contributed by atoms with Crippen LogP contribution >= 0.6 is 0 Å². The number of hydrogen-bond acceptors (Lipinski definition) is 14. The van der Waals surface area contributed by atoms with Gasteiger partial charge in [0.2, 0.25) is 0 Å². The Morgan fingerprint density at radius 3 is 2.26 bits per heavy atom. The summed E-state index contributed by atoms with van der Waals surface area (Å²) in [5.74, 6) is 1.61. The first-order chi connectivity index (χ1) is 25.1. The average molecular weight is 755 g/mol. The molecule has 0 aromatic heterocycles. The van der Waals surface area contributed by atoms with Crippen molar-refractivity contribution in [1.29, 1.82) is 0 Å². The van der Waals surface area contributed by atoms with E-state index in [1.807, 2.05) is 0 Å². The van der Waals surface area contributed by atoms with E-state index in [0.717, 1.165) is 50.7 Å². The topological polar surface area (TPSA) is 217 Å². The second-order valence-electron chi connectivity index (χ2n) is 18.4. The zero-order chi connectivity index (χ0) is 37.9. The summed E-state index contributed by atoms with van der Waals surface area (Å²) in [6.07, 6.45) is -9.88. The summed E-state index contributed by atoms with van der Waals surface area (Å²) in [7, 11) is 0. The molecule has 4 unspecified atom stereocenters. The van der Waals surface area contributed by atoms with Gasteiger partial charge in [0.25, 0.3) is 0 Å². The van der Waals surface area contributed by atoms with Gasteiger partial charge in [-0.25, -0.2) is 0 Å². The van der Waals surface area contributed by atoms with Crippen LogP contribution in [-0.4, -0.2) is 146 Å². The Labute approximate surface area is 311 Å². The first kappa shape index (κ1) is 39.0. The van der Waals surface area contributed by atoms with Gasteiger partial charge in [0.1, 0.15) is 48.8 Å². The van der Waals surface area contributed by atoms with Crippen LogP contribution < -0.4 is 0 Å². The van der Waals surface area contributed by atoms with Crippen LogP contribution in [0.1, 0.15) is 79.6 Å². The highest BCUT2D eigenvalue weighted by Crippen LogP contribution is 2.70. The second-order valence-corrected chi connectivity index (χ2v) is 18.4. The third kappa shape index (κ3) is 5.87. The zero-order valence-corrected chi connectivity index (χ0v) is 31.5. The molecule has 0 amide bonds. The zero-order valence-electron chi connectivity index (χ0n) is 31.5. The number of ether oxygens (including phenoxy) is 6. The van der Waals surface area contributed by atoms with Crippen LogP contribution in [0.4, 0.5) is 0 Å². The summed E-state index contributed by atoms with van der Waals surface area (Å²) in [5.41, 5.74) is 0.356.